The number of rotatable bonds is 3. The molecule has 0 unspecified atom stereocenters. The van der Waals surface area contributed by atoms with Crippen LogP contribution in [0.4, 0.5) is 10.6 Å². The highest BCUT2D eigenvalue weighted by atomic mass is 16.6. The van der Waals surface area contributed by atoms with Crippen molar-refractivity contribution in [1.82, 2.24) is 4.98 Å². The number of carbonyl (C=O) groups is 1. The number of carbonyl (C=O) groups excluding carboxylic acids is 1. The Labute approximate surface area is 118 Å². The first-order valence-corrected chi connectivity index (χ1v) is 6.66. The monoisotopic (exact) mass is 268 g/mol. The SMILES string of the molecule is Cc1ccnc(N2C(=O)OC[C@@H]2Cc2ccccc2)c1. The van der Waals surface area contributed by atoms with E-state index in [2.05, 4.69) is 17.1 Å². The molecule has 20 heavy (non-hydrogen) atoms. The summed E-state index contributed by atoms with van der Waals surface area (Å²) in [6, 6.07) is 13.9. The molecule has 102 valence electrons. The third kappa shape index (κ3) is 2.50. The first-order chi connectivity index (χ1) is 9.74. The maximum Gasteiger partial charge on any atom is 0.415 e. The van der Waals surface area contributed by atoms with Crippen molar-refractivity contribution in [2.24, 2.45) is 0 Å². The second-order valence-corrected chi connectivity index (χ2v) is 4.98. The minimum atomic E-state index is -0.316. The van der Waals surface area contributed by atoms with Gasteiger partial charge in [-0.15, -0.1) is 0 Å². The number of cyclic esters (lactones) is 1. The maximum atomic E-state index is 12.0. The van der Waals surface area contributed by atoms with Crippen LogP contribution in [0, 0.1) is 6.92 Å². The minimum Gasteiger partial charge on any atom is -0.447 e. The van der Waals surface area contributed by atoms with E-state index in [-0.39, 0.29) is 12.1 Å². The van der Waals surface area contributed by atoms with Gasteiger partial charge in [0.05, 0.1) is 6.04 Å². The van der Waals surface area contributed by atoms with Crippen LogP contribution in [-0.2, 0) is 11.2 Å². The van der Waals surface area contributed by atoms with Gasteiger partial charge in [-0.3, -0.25) is 4.90 Å². The molecule has 2 heterocycles. The molecule has 0 radical (unpaired) electrons. The van der Waals surface area contributed by atoms with Crippen LogP contribution in [-0.4, -0.2) is 23.7 Å². The predicted octanol–water partition coefficient (Wildman–Crippen LogP) is 2.96. The second-order valence-electron chi connectivity index (χ2n) is 4.98. The third-order valence-corrected chi connectivity index (χ3v) is 3.42. The summed E-state index contributed by atoms with van der Waals surface area (Å²) in [7, 11) is 0. The fourth-order valence-electron chi connectivity index (χ4n) is 2.43. The molecule has 1 aliphatic rings. The number of hydrogen-bond acceptors (Lipinski definition) is 3. The second kappa shape index (κ2) is 5.33. The van der Waals surface area contributed by atoms with E-state index in [4.69, 9.17) is 4.74 Å². The van der Waals surface area contributed by atoms with Crippen LogP contribution in [0.25, 0.3) is 0 Å². The standard InChI is InChI=1S/C16H16N2O2/c1-12-7-8-17-15(9-12)18-14(11-20-16(18)19)10-13-5-3-2-4-6-13/h2-9,14H,10-11H2,1H3/t14-/m0/s1. The quantitative estimate of drug-likeness (QED) is 0.859. The van der Waals surface area contributed by atoms with E-state index in [1.807, 2.05) is 37.3 Å². The number of hydrogen-bond donors (Lipinski definition) is 0. The number of aryl methyl sites for hydroxylation is 1. The molecule has 1 aromatic heterocycles. The lowest BCUT2D eigenvalue weighted by atomic mass is 10.1. The molecule has 0 saturated carbocycles. The molecule has 1 aromatic carbocycles. The predicted molar refractivity (Wildman–Crippen MR) is 76.7 cm³/mol. The molecule has 0 bridgehead atoms. The van der Waals surface area contributed by atoms with Gasteiger partial charge >= 0.3 is 6.09 Å². The molecule has 4 heteroatoms. The molecule has 1 fully saturated rings. The molecule has 0 N–H and O–H groups in total. The lowest BCUT2D eigenvalue weighted by Crippen LogP contribution is -2.35. The van der Waals surface area contributed by atoms with Gasteiger partial charge < -0.3 is 4.74 Å². The highest BCUT2D eigenvalue weighted by molar-refractivity contribution is 5.89. The van der Waals surface area contributed by atoms with E-state index in [0.717, 1.165) is 12.0 Å². The van der Waals surface area contributed by atoms with Gasteiger partial charge in [-0.2, -0.15) is 0 Å². The zero-order valence-corrected chi connectivity index (χ0v) is 11.3. The number of amides is 1. The van der Waals surface area contributed by atoms with Crippen LogP contribution in [0.15, 0.2) is 48.7 Å². The van der Waals surface area contributed by atoms with Crippen LogP contribution < -0.4 is 4.90 Å². The molecular formula is C16H16N2O2. The minimum absolute atomic E-state index is 0.000741. The number of benzene rings is 1. The summed E-state index contributed by atoms with van der Waals surface area (Å²) in [6.45, 7) is 2.39. The molecule has 1 atom stereocenters. The number of nitrogens with zero attached hydrogens (tertiary/aromatic N) is 2. The van der Waals surface area contributed by atoms with Gasteiger partial charge in [0, 0.05) is 6.20 Å². The van der Waals surface area contributed by atoms with Crippen molar-refractivity contribution in [2.45, 2.75) is 19.4 Å². The Morgan fingerprint density at radius 2 is 2.10 bits per heavy atom. The topological polar surface area (TPSA) is 42.4 Å². The third-order valence-electron chi connectivity index (χ3n) is 3.42. The molecule has 1 aliphatic heterocycles. The van der Waals surface area contributed by atoms with Crippen molar-refractivity contribution < 1.29 is 9.53 Å². The summed E-state index contributed by atoms with van der Waals surface area (Å²) in [5, 5.41) is 0. The Morgan fingerprint density at radius 3 is 2.85 bits per heavy atom. The summed E-state index contributed by atoms with van der Waals surface area (Å²) in [5.41, 5.74) is 2.27. The van der Waals surface area contributed by atoms with Crippen molar-refractivity contribution in [1.29, 1.82) is 0 Å². The van der Waals surface area contributed by atoms with Crippen LogP contribution >= 0.6 is 0 Å². The number of pyridine rings is 1. The Bertz CT molecular complexity index is 613. The summed E-state index contributed by atoms with van der Waals surface area (Å²) in [6.07, 6.45) is 2.17. The summed E-state index contributed by atoms with van der Waals surface area (Å²) >= 11 is 0. The summed E-state index contributed by atoms with van der Waals surface area (Å²) in [4.78, 5) is 17.9. The van der Waals surface area contributed by atoms with Crippen LogP contribution in [0.2, 0.25) is 0 Å². The van der Waals surface area contributed by atoms with Crippen LogP contribution in [0.5, 0.6) is 0 Å². The van der Waals surface area contributed by atoms with E-state index < -0.39 is 0 Å². The zero-order valence-electron chi connectivity index (χ0n) is 11.3. The van der Waals surface area contributed by atoms with Crippen LogP contribution in [0.1, 0.15) is 11.1 Å². The van der Waals surface area contributed by atoms with Crippen molar-refractivity contribution in [3.63, 3.8) is 0 Å². The average Bonchev–Trinajstić information content (AvgIpc) is 2.81. The van der Waals surface area contributed by atoms with Gasteiger partial charge in [-0.1, -0.05) is 30.3 Å². The Balaban J connectivity index is 1.85. The molecule has 0 aliphatic carbocycles. The first-order valence-electron chi connectivity index (χ1n) is 6.66. The van der Waals surface area contributed by atoms with Crippen molar-refractivity contribution in [3.05, 3.63) is 59.8 Å². The van der Waals surface area contributed by atoms with E-state index >= 15 is 0 Å². The van der Waals surface area contributed by atoms with Gasteiger partial charge in [-0.05, 0) is 36.6 Å². The van der Waals surface area contributed by atoms with Gasteiger partial charge in [0.1, 0.15) is 12.4 Å². The summed E-state index contributed by atoms with van der Waals surface area (Å²) < 4.78 is 5.19. The number of anilines is 1. The van der Waals surface area contributed by atoms with E-state index in [1.54, 1.807) is 11.1 Å². The Kier molecular flexibility index (Phi) is 3.37. The lowest BCUT2D eigenvalue weighted by Gasteiger charge is -2.20. The first kappa shape index (κ1) is 12.7. The largest absolute Gasteiger partial charge is 0.447 e. The van der Waals surface area contributed by atoms with Gasteiger partial charge in [-0.25, -0.2) is 9.78 Å². The maximum absolute atomic E-state index is 12.0. The van der Waals surface area contributed by atoms with Gasteiger partial charge in [0.15, 0.2) is 0 Å². The molecule has 3 rings (SSSR count). The lowest BCUT2D eigenvalue weighted by molar-refractivity contribution is 0.178. The van der Waals surface area contributed by atoms with Gasteiger partial charge in [0.2, 0.25) is 0 Å². The average molecular weight is 268 g/mol. The van der Waals surface area contributed by atoms with E-state index in [1.165, 1.54) is 5.56 Å². The van der Waals surface area contributed by atoms with Gasteiger partial charge in [0.25, 0.3) is 0 Å². The Hall–Kier alpha value is -2.36. The Morgan fingerprint density at radius 1 is 1.30 bits per heavy atom. The molecular weight excluding hydrogens is 252 g/mol. The van der Waals surface area contributed by atoms with Crippen molar-refractivity contribution >= 4 is 11.9 Å². The van der Waals surface area contributed by atoms with E-state index in [9.17, 15) is 4.79 Å². The molecule has 1 saturated heterocycles. The normalized spacial score (nSPS) is 18.1. The molecule has 0 spiro atoms. The highest BCUT2D eigenvalue weighted by Gasteiger charge is 2.35. The van der Waals surface area contributed by atoms with E-state index in [0.29, 0.717) is 12.4 Å². The molecule has 4 nitrogen and oxygen atoms in total. The number of aromatic nitrogens is 1. The zero-order chi connectivity index (χ0) is 13.9. The smallest absolute Gasteiger partial charge is 0.415 e. The number of ether oxygens (including phenoxy) is 1. The fourth-order valence-corrected chi connectivity index (χ4v) is 2.43. The molecule has 2 aromatic rings. The van der Waals surface area contributed by atoms with Crippen molar-refractivity contribution in [3.8, 4) is 0 Å². The fraction of sp³-hybridized carbons (Fsp3) is 0.250. The molecule has 1 amide bonds. The van der Waals surface area contributed by atoms with Crippen LogP contribution in [0.3, 0.4) is 0 Å². The summed E-state index contributed by atoms with van der Waals surface area (Å²) in [5.74, 6) is 0.661. The highest BCUT2D eigenvalue weighted by Crippen LogP contribution is 2.24. The van der Waals surface area contributed by atoms with Crippen molar-refractivity contribution in [2.75, 3.05) is 11.5 Å².